The van der Waals surface area contributed by atoms with Gasteiger partial charge in [0.15, 0.2) is 0 Å². The van der Waals surface area contributed by atoms with E-state index in [0.717, 1.165) is 24.6 Å². The molecule has 0 fully saturated rings. The predicted octanol–water partition coefficient (Wildman–Crippen LogP) is 6.00. The van der Waals surface area contributed by atoms with Crippen molar-refractivity contribution in [3.63, 3.8) is 0 Å². The van der Waals surface area contributed by atoms with Gasteiger partial charge in [0.2, 0.25) is 15.9 Å². The first-order valence-corrected chi connectivity index (χ1v) is 11.8. The van der Waals surface area contributed by atoms with Crippen LogP contribution in [-0.4, -0.2) is 25.6 Å². The molecule has 0 radical (unpaired) electrons. The summed E-state index contributed by atoms with van der Waals surface area (Å²) >= 11 is 11.7. The van der Waals surface area contributed by atoms with Crippen molar-refractivity contribution in [3.05, 3.63) is 75.1 Å². The van der Waals surface area contributed by atoms with E-state index < -0.39 is 44.9 Å². The van der Waals surface area contributed by atoms with Crippen LogP contribution in [0.4, 0.5) is 17.6 Å². The quantitative estimate of drug-likeness (QED) is 0.404. The molecule has 0 aliphatic heterocycles. The molecule has 3 rings (SSSR count). The van der Waals surface area contributed by atoms with Gasteiger partial charge in [0.1, 0.15) is 17.1 Å². The minimum absolute atomic E-state index is 0.00348. The molecule has 2 aromatic carbocycles. The van der Waals surface area contributed by atoms with Gasteiger partial charge in [-0.05, 0) is 54.4 Å². The van der Waals surface area contributed by atoms with E-state index in [1.54, 1.807) is 4.72 Å². The van der Waals surface area contributed by atoms with E-state index >= 15 is 0 Å². The number of rotatable bonds is 5. The van der Waals surface area contributed by atoms with Crippen LogP contribution in [0.2, 0.25) is 10.0 Å². The van der Waals surface area contributed by atoms with Gasteiger partial charge in [-0.3, -0.25) is 4.79 Å². The van der Waals surface area contributed by atoms with Crippen LogP contribution >= 0.6 is 23.2 Å². The maximum Gasteiger partial charge on any atom is 0.421 e. The second kappa shape index (κ2) is 9.40. The van der Waals surface area contributed by atoms with Crippen molar-refractivity contribution in [2.75, 3.05) is 6.26 Å². The molecular weight excluding hydrogens is 523 g/mol. The van der Waals surface area contributed by atoms with Crippen molar-refractivity contribution in [3.8, 4) is 22.8 Å². The number of carbonyl (C=O) groups is 1. The van der Waals surface area contributed by atoms with Crippen LogP contribution < -0.4 is 9.46 Å². The zero-order chi connectivity index (χ0) is 25.4. The first-order valence-electron chi connectivity index (χ1n) is 9.18. The molecule has 3 aromatic rings. The number of ether oxygens (including phenoxy) is 1. The SMILES string of the molecule is Cc1cc(C(=O)NS(C)(=O)=O)c(F)cc1-c1cnc(Oc2cc(Cl)cc(Cl)c2)c(C(F)(F)F)c1. The molecule has 0 bridgehead atoms. The van der Waals surface area contributed by atoms with Crippen molar-refractivity contribution in [1.29, 1.82) is 0 Å². The van der Waals surface area contributed by atoms with Gasteiger partial charge < -0.3 is 4.74 Å². The Balaban J connectivity index is 2.05. The highest BCUT2D eigenvalue weighted by molar-refractivity contribution is 7.89. The van der Waals surface area contributed by atoms with Crippen LogP contribution in [0.5, 0.6) is 11.6 Å². The normalized spacial score (nSPS) is 11.9. The number of hydrogen-bond donors (Lipinski definition) is 1. The summed E-state index contributed by atoms with van der Waals surface area (Å²) in [6.07, 6.45) is -3.13. The van der Waals surface area contributed by atoms with Gasteiger partial charge in [-0.25, -0.2) is 22.5 Å². The topological polar surface area (TPSA) is 85.4 Å². The van der Waals surface area contributed by atoms with Gasteiger partial charge in [0.25, 0.3) is 5.91 Å². The summed E-state index contributed by atoms with van der Waals surface area (Å²) in [6.45, 7) is 1.41. The summed E-state index contributed by atoms with van der Waals surface area (Å²) in [6, 6.07) is 6.44. The highest BCUT2D eigenvalue weighted by Gasteiger charge is 2.36. The molecule has 0 spiro atoms. The fraction of sp³-hybridized carbons (Fsp3) is 0.143. The molecule has 1 N–H and O–H groups in total. The van der Waals surface area contributed by atoms with E-state index in [-0.39, 0.29) is 32.5 Å². The molecule has 13 heteroatoms. The second-order valence-electron chi connectivity index (χ2n) is 7.13. The molecular formula is C21H14Cl2F4N2O4S. The van der Waals surface area contributed by atoms with Crippen LogP contribution in [0.25, 0.3) is 11.1 Å². The number of sulfonamides is 1. The number of aryl methyl sites for hydroxylation is 1. The van der Waals surface area contributed by atoms with E-state index in [1.807, 2.05) is 0 Å². The van der Waals surface area contributed by atoms with Gasteiger partial charge in [0, 0.05) is 21.8 Å². The maximum atomic E-state index is 14.6. The van der Waals surface area contributed by atoms with E-state index in [1.165, 1.54) is 25.1 Å². The lowest BCUT2D eigenvalue weighted by Gasteiger charge is -2.16. The number of nitrogens with one attached hydrogen (secondary N) is 1. The van der Waals surface area contributed by atoms with Crippen molar-refractivity contribution in [2.24, 2.45) is 0 Å². The smallest absolute Gasteiger partial charge is 0.421 e. The third-order valence-corrected chi connectivity index (χ3v) is 5.35. The van der Waals surface area contributed by atoms with E-state index in [0.29, 0.717) is 6.07 Å². The lowest BCUT2D eigenvalue weighted by atomic mass is 9.98. The van der Waals surface area contributed by atoms with Crippen LogP contribution in [-0.2, 0) is 16.2 Å². The van der Waals surface area contributed by atoms with Gasteiger partial charge in [-0.15, -0.1) is 0 Å². The van der Waals surface area contributed by atoms with Gasteiger partial charge in [-0.1, -0.05) is 23.2 Å². The monoisotopic (exact) mass is 536 g/mol. The molecule has 0 atom stereocenters. The Hall–Kier alpha value is -2.89. The van der Waals surface area contributed by atoms with Gasteiger partial charge in [0.05, 0.1) is 11.8 Å². The van der Waals surface area contributed by atoms with Gasteiger partial charge >= 0.3 is 6.18 Å². The molecule has 0 saturated carbocycles. The van der Waals surface area contributed by atoms with Crippen LogP contribution in [0.3, 0.4) is 0 Å². The summed E-state index contributed by atoms with van der Waals surface area (Å²) in [4.78, 5) is 15.7. The second-order valence-corrected chi connectivity index (χ2v) is 9.75. The van der Waals surface area contributed by atoms with Gasteiger partial charge in [-0.2, -0.15) is 13.2 Å². The van der Waals surface area contributed by atoms with Crippen LogP contribution in [0.1, 0.15) is 21.5 Å². The predicted molar refractivity (Wildman–Crippen MR) is 118 cm³/mol. The standard InChI is InChI=1S/C21H14Cl2F4N2O4S/c1-10-3-16(19(30)29-34(2,31)32)18(24)8-15(10)11-4-17(21(25,26)27)20(28-9-11)33-14-6-12(22)5-13(23)7-14/h3-9H,1-2H3,(H,29,30). The number of pyridine rings is 1. The van der Waals surface area contributed by atoms with Crippen LogP contribution in [0, 0.1) is 12.7 Å². The fourth-order valence-electron chi connectivity index (χ4n) is 2.97. The number of amides is 1. The molecule has 1 aromatic heterocycles. The van der Waals surface area contributed by atoms with E-state index in [2.05, 4.69) is 4.98 Å². The lowest BCUT2D eigenvalue weighted by Crippen LogP contribution is -2.30. The van der Waals surface area contributed by atoms with Crippen molar-refractivity contribution in [2.45, 2.75) is 13.1 Å². The largest absolute Gasteiger partial charge is 0.438 e. The molecule has 1 amide bonds. The molecule has 0 unspecified atom stereocenters. The molecule has 34 heavy (non-hydrogen) atoms. The first-order chi connectivity index (χ1) is 15.6. The molecule has 0 saturated heterocycles. The Morgan fingerprint density at radius 2 is 1.68 bits per heavy atom. The summed E-state index contributed by atoms with van der Waals surface area (Å²) in [5.41, 5.74) is -1.75. The molecule has 180 valence electrons. The minimum Gasteiger partial charge on any atom is -0.438 e. The number of alkyl halides is 3. The summed E-state index contributed by atoms with van der Waals surface area (Å²) in [5, 5.41) is 0.276. The summed E-state index contributed by atoms with van der Waals surface area (Å²) in [5.74, 6) is -3.21. The highest BCUT2D eigenvalue weighted by Crippen LogP contribution is 2.40. The Labute approximate surface area is 201 Å². The Kier molecular flexibility index (Phi) is 7.11. The molecule has 6 nitrogen and oxygen atoms in total. The average Bonchev–Trinajstić information content (AvgIpc) is 2.67. The number of nitrogens with zero attached hydrogens (tertiary/aromatic N) is 1. The number of aromatic nitrogens is 1. The third-order valence-electron chi connectivity index (χ3n) is 4.35. The summed E-state index contributed by atoms with van der Waals surface area (Å²) < 4.78 is 85.2. The molecule has 1 heterocycles. The zero-order valence-corrected chi connectivity index (χ0v) is 19.6. The van der Waals surface area contributed by atoms with Crippen molar-refractivity contribution >= 4 is 39.1 Å². The number of benzene rings is 2. The minimum atomic E-state index is -4.89. The molecule has 0 aliphatic carbocycles. The average molecular weight is 537 g/mol. The number of hydrogen-bond acceptors (Lipinski definition) is 5. The van der Waals surface area contributed by atoms with Crippen molar-refractivity contribution < 1.29 is 35.5 Å². The molecule has 0 aliphatic rings. The lowest BCUT2D eigenvalue weighted by molar-refractivity contribution is -0.138. The Morgan fingerprint density at radius 1 is 1.06 bits per heavy atom. The summed E-state index contributed by atoms with van der Waals surface area (Å²) in [7, 11) is -3.95. The van der Waals surface area contributed by atoms with Crippen molar-refractivity contribution in [1.82, 2.24) is 9.71 Å². The fourth-order valence-corrected chi connectivity index (χ4v) is 3.93. The number of halogens is 6. The zero-order valence-electron chi connectivity index (χ0n) is 17.3. The highest BCUT2D eigenvalue weighted by atomic mass is 35.5. The maximum absolute atomic E-state index is 14.6. The van der Waals surface area contributed by atoms with E-state index in [4.69, 9.17) is 27.9 Å². The van der Waals surface area contributed by atoms with Crippen LogP contribution in [0.15, 0.2) is 42.6 Å². The van der Waals surface area contributed by atoms with E-state index in [9.17, 15) is 30.8 Å². The Morgan fingerprint density at radius 3 is 2.24 bits per heavy atom. The first kappa shape index (κ1) is 25.7. The Bertz CT molecular complexity index is 1380. The number of carbonyl (C=O) groups excluding carboxylic acids is 1. The third kappa shape index (κ3) is 6.16.